The van der Waals surface area contributed by atoms with Crippen LogP contribution in [0, 0.1) is 5.92 Å². The molecule has 0 N–H and O–H groups in total. The predicted octanol–water partition coefficient (Wildman–Crippen LogP) is 3.97. The number of ether oxygens (including phenoxy) is 1. The summed E-state index contributed by atoms with van der Waals surface area (Å²) in [5, 5.41) is 2.19. The molecule has 1 unspecified atom stereocenters. The van der Waals surface area contributed by atoms with Crippen LogP contribution in [0.3, 0.4) is 0 Å². The van der Waals surface area contributed by atoms with E-state index in [1.54, 1.807) is 0 Å². The zero-order valence-corrected chi connectivity index (χ0v) is 11.5. The average molecular weight is 290 g/mol. The third-order valence-electron chi connectivity index (χ3n) is 3.85. The van der Waals surface area contributed by atoms with E-state index in [2.05, 4.69) is 0 Å². The molecule has 2 aromatic rings. The minimum atomic E-state index is -2.54. The van der Waals surface area contributed by atoms with E-state index in [0.29, 0.717) is 0 Å². The first kappa shape index (κ1) is 14.0. The van der Waals surface area contributed by atoms with Crippen LogP contribution in [-0.2, 0) is 16.0 Å². The molecule has 0 spiro atoms. The summed E-state index contributed by atoms with van der Waals surface area (Å²) in [6, 6.07) is 13.7. The van der Waals surface area contributed by atoms with Crippen molar-refractivity contribution >= 4 is 16.7 Å². The minimum Gasteiger partial charge on any atom is -0.465 e. The summed E-state index contributed by atoms with van der Waals surface area (Å²) >= 11 is 0. The molecule has 1 aliphatic rings. The Hall–Kier alpha value is -1.97. The highest BCUT2D eigenvalue weighted by atomic mass is 19.3. The summed E-state index contributed by atoms with van der Waals surface area (Å²) < 4.78 is 30.4. The summed E-state index contributed by atoms with van der Waals surface area (Å²) in [5.41, 5.74) is 0.871. The lowest BCUT2D eigenvalue weighted by atomic mass is 10.1. The van der Waals surface area contributed by atoms with Gasteiger partial charge < -0.3 is 4.74 Å². The van der Waals surface area contributed by atoms with Gasteiger partial charge in [0.2, 0.25) is 0 Å². The second kappa shape index (κ2) is 5.43. The van der Waals surface area contributed by atoms with Gasteiger partial charge in [0.15, 0.2) is 0 Å². The number of halogens is 2. The molecule has 2 aromatic carbocycles. The van der Waals surface area contributed by atoms with Crippen molar-refractivity contribution in [1.82, 2.24) is 0 Å². The van der Waals surface area contributed by atoms with E-state index in [1.165, 1.54) is 0 Å². The van der Waals surface area contributed by atoms with Gasteiger partial charge in [0, 0.05) is 12.3 Å². The summed E-state index contributed by atoms with van der Waals surface area (Å²) in [7, 11) is 0. The number of carbonyl (C=O) groups excluding carboxylic acids is 1. The summed E-state index contributed by atoms with van der Waals surface area (Å²) in [4.78, 5) is 11.7. The van der Waals surface area contributed by atoms with E-state index in [0.717, 1.165) is 16.3 Å². The van der Waals surface area contributed by atoms with E-state index in [9.17, 15) is 13.6 Å². The molecular formula is C17H16F2O2. The molecule has 21 heavy (non-hydrogen) atoms. The van der Waals surface area contributed by atoms with Crippen molar-refractivity contribution in [2.45, 2.75) is 25.2 Å². The van der Waals surface area contributed by atoms with E-state index in [4.69, 9.17) is 4.74 Å². The average Bonchev–Trinajstić information content (AvgIpc) is 3.06. The third kappa shape index (κ3) is 3.38. The fourth-order valence-corrected chi connectivity index (χ4v) is 2.46. The monoisotopic (exact) mass is 290 g/mol. The van der Waals surface area contributed by atoms with Crippen molar-refractivity contribution in [2.24, 2.45) is 5.92 Å². The Morgan fingerprint density at radius 3 is 2.62 bits per heavy atom. The fourth-order valence-electron chi connectivity index (χ4n) is 2.46. The van der Waals surface area contributed by atoms with Gasteiger partial charge in [-0.1, -0.05) is 42.5 Å². The number of hydrogen-bond donors (Lipinski definition) is 0. The number of hydrogen-bond acceptors (Lipinski definition) is 2. The highest BCUT2D eigenvalue weighted by molar-refractivity contribution is 5.84. The van der Waals surface area contributed by atoms with Crippen molar-refractivity contribution in [3.05, 3.63) is 48.0 Å². The van der Waals surface area contributed by atoms with E-state index in [1.807, 2.05) is 42.5 Å². The molecule has 0 aliphatic heterocycles. The van der Waals surface area contributed by atoms with Crippen LogP contribution in [0.15, 0.2) is 42.5 Å². The van der Waals surface area contributed by atoms with E-state index in [-0.39, 0.29) is 31.8 Å². The van der Waals surface area contributed by atoms with Crippen LogP contribution in [0.2, 0.25) is 0 Å². The normalized spacial score (nSPS) is 19.4. The highest BCUT2D eigenvalue weighted by Gasteiger charge is 2.56. The predicted molar refractivity (Wildman–Crippen MR) is 76.3 cm³/mol. The first-order chi connectivity index (χ1) is 10.0. The molecule has 0 radical (unpaired) electrons. The molecule has 0 bridgehead atoms. The maximum absolute atomic E-state index is 12.7. The maximum Gasteiger partial charge on any atom is 0.310 e. The summed E-state index contributed by atoms with van der Waals surface area (Å²) in [5.74, 6) is -3.51. The second-order valence-electron chi connectivity index (χ2n) is 5.53. The molecule has 0 heterocycles. The molecular weight excluding hydrogens is 274 g/mol. The Labute approximate surface area is 121 Å². The Morgan fingerprint density at radius 2 is 1.90 bits per heavy atom. The fraction of sp³-hybridized carbons (Fsp3) is 0.353. The van der Waals surface area contributed by atoms with Gasteiger partial charge in [0.25, 0.3) is 5.92 Å². The van der Waals surface area contributed by atoms with Gasteiger partial charge in [-0.3, -0.25) is 4.79 Å². The van der Waals surface area contributed by atoms with Gasteiger partial charge in [-0.15, -0.1) is 0 Å². The van der Waals surface area contributed by atoms with E-state index < -0.39 is 11.8 Å². The molecule has 0 saturated heterocycles. The number of alkyl halides is 2. The van der Waals surface area contributed by atoms with Crippen LogP contribution in [-0.4, -0.2) is 18.5 Å². The zero-order valence-electron chi connectivity index (χ0n) is 11.5. The molecule has 1 fully saturated rings. The first-order valence-electron chi connectivity index (χ1n) is 7.06. The van der Waals surface area contributed by atoms with Crippen LogP contribution in [0.25, 0.3) is 10.8 Å². The number of rotatable bonds is 5. The van der Waals surface area contributed by atoms with E-state index >= 15 is 0 Å². The lowest BCUT2D eigenvalue weighted by molar-refractivity contribution is -0.143. The van der Waals surface area contributed by atoms with Crippen molar-refractivity contribution in [3.8, 4) is 0 Å². The molecule has 0 amide bonds. The van der Waals surface area contributed by atoms with Crippen LogP contribution in [0.4, 0.5) is 8.78 Å². The molecule has 3 rings (SSSR count). The number of fused-ring (bicyclic) bond motifs is 1. The van der Waals surface area contributed by atoms with Gasteiger partial charge in [-0.05, 0) is 22.8 Å². The van der Waals surface area contributed by atoms with Crippen molar-refractivity contribution in [2.75, 3.05) is 6.61 Å². The van der Waals surface area contributed by atoms with Gasteiger partial charge in [0.1, 0.15) is 0 Å². The third-order valence-corrected chi connectivity index (χ3v) is 3.85. The summed E-state index contributed by atoms with van der Waals surface area (Å²) in [6.07, 6.45) is 0.345. The Morgan fingerprint density at radius 1 is 1.19 bits per heavy atom. The van der Waals surface area contributed by atoms with Crippen LogP contribution in [0.1, 0.15) is 18.4 Å². The van der Waals surface area contributed by atoms with Crippen LogP contribution >= 0.6 is 0 Å². The molecule has 2 nitrogen and oxygen atoms in total. The van der Waals surface area contributed by atoms with Crippen LogP contribution < -0.4 is 0 Å². The lowest BCUT2D eigenvalue weighted by Gasteiger charge is -2.06. The lowest BCUT2D eigenvalue weighted by Crippen LogP contribution is -2.10. The number of benzene rings is 2. The minimum absolute atomic E-state index is 0.0742. The Bertz CT molecular complexity index is 667. The molecule has 1 atom stereocenters. The quantitative estimate of drug-likeness (QED) is 0.779. The Balaban J connectivity index is 1.51. The number of carbonyl (C=O) groups is 1. The van der Waals surface area contributed by atoms with Gasteiger partial charge in [-0.25, -0.2) is 8.78 Å². The molecule has 0 aromatic heterocycles. The smallest absolute Gasteiger partial charge is 0.310 e. The van der Waals surface area contributed by atoms with Gasteiger partial charge in [-0.2, -0.15) is 0 Å². The Kier molecular flexibility index (Phi) is 3.62. The van der Waals surface area contributed by atoms with Gasteiger partial charge in [0.05, 0.1) is 13.0 Å². The zero-order chi connectivity index (χ0) is 14.9. The molecule has 1 saturated carbocycles. The molecule has 110 valence electrons. The molecule has 4 heteroatoms. The van der Waals surface area contributed by atoms with Gasteiger partial charge >= 0.3 is 5.97 Å². The standard InChI is InChI=1S/C17H16F2O2/c18-17(19)11-15(17)7-8-21-16(20)10-12-5-6-13-3-1-2-4-14(13)9-12/h1-6,9,15H,7-8,10-11H2. The van der Waals surface area contributed by atoms with Crippen LogP contribution in [0.5, 0.6) is 0 Å². The largest absolute Gasteiger partial charge is 0.465 e. The number of esters is 1. The van der Waals surface area contributed by atoms with Crippen molar-refractivity contribution in [1.29, 1.82) is 0 Å². The second-order valence-corrected chi connectivity index (χ2v) is 5.53. The molecule has 1 aliphatic carbocycles. The van der Waals surface area contributed by atoms with Crippen molar-refractivity contribution in [3.63, 3.8) is 0 Å². The first-order valence-corrected chi connectivity index (χ1v) is 7.06. The highest BCUT2D eigenvalue weighted by Crippen LogP contribution is 2.50. The maximum atomic E-state index is 12.7. The van der Waals surface area contributed by atoms with Crippen molar-refractivity contribution < 1.29 is 18.3 Å². The SMILES string of the molecule is O=C(Cc1ccc2ccccc2c1)OCCC1CC1(F)F. The topological polar surface area (TPSA) is 26.3 Å². The summed E-state index contributed by atoms with van der Waals surface area (Å²) in [6.45, 7) is 0.0761.